The van der Waals surface area contributed by atoms with Gasteiger partial charge in [-0.3, -0.25) is 9.59 Å². The Kier molecular flexibility index (Phi) is 11.6. The fourth-order valence-electron chi connectivity index (χ4n) is 2.99. The first-order valence-electron chi connectivity index (χ1n) is 10.8. The van der Waals surface area contributed by atoms with Crippen molar-refractivity contribution in [3.63, 3.8) is 0 Å². The lowest BCUT2D eigenvalue weighted by atomic mass is 9.90. The Labute approximate surface area is 191 Å². The quantitative estimate of drug-likeness (QED) is 0.316. The third-order valence-corrected chi connectivity index (χ3v) is 6.01. The number of esters is 1. The number of nitrogens with one attached hydrogen (secondary N) is 2. The lowest BCUT2D eigenvalue weighted by Crippen LogP contribution is -2.62. The molecule has 7 nitrogen and oxygen atoms in total. The largest absolute Gasteiger partial charge is 0.464 e. The van der Waals surface area contributed by atoms with Crippen LogP contribution in [0, 0.1) is 5.92 Å². The van der Waals surface area contributed by atoms with Crippen LogP contribution in [0.2, 0.25) is 0 Å². The molecule has 174 valence electrons. The molecule has 0 radical (unpaired) electrons. The minimum atomic E-state index is -1.16. The average molecular weight is 453 g/mol. The van der Waals surface area contributed by atoms with Crippen molar-refractivity contribution in [3.8, 4) is 0 Å². The third kappa shape index (κ3) is 8.18. The molecule has 0 spiro atoms. The van der Waals surface area contributed by atoms with Crippen LogP contribution in [0.25, 0.3) is 0 Å². The van der Waals surface area contributed by atoms with Gasteiger partial charge in [-0.2, -0.15) is 12.6 Å². The number of ether oxygens (including phenoxy) is 2. The van der Waals surface area contributed by atoms with E-state index in [1.165, 1.54) is 0 Å². The van der Waals surface area contributed by atoms with E-state index in [0.29, 0.717) is 19.4 Å². The van der Waals surface area contributed by atoms with Gasteiger partial charge >= 0.3 is 5.97 Å². The molecule has 0 saturated heterocycles. The summed E-state index contributed by atoms with van der Waals surface area (Å²) in [4.78, 5) is 38.2. The molecule has 1 aromatic carbocycles. The summed E-state index contributed by atoms with van der Waals surface area (Å²) in [6.07, 6.45) is 0.722. The van der Waals surface area contributed by atoms with Gasteiger partial charge in [0, 0.05) is 0 Å². The molecular weight excluding hydrogens is 416 g/mol. The first kappa shape index (κ1) is 27.0. The monoisotopic (exact) mass is 452 g/mol. The SMILES string of the molecule is CCOC(=O)C(COCc1ccccc1)NC(=O)C(CC)(CC)NC(=O)C(S)C(C)C. The van der Waals surface area contributed by atoms with E-state index < -0.39 is 28.7 Å². The first-order chi connectivity index (χ1) is 14.7. The maximum absolute atomic E-state index is 13.2. The highest BCUT2D eigenvalue weighted by molar-refractivity contribution is 7.81. The van der Waals surface area contributed by atoms with Gasteiger partial charge in [-0.25, -0.2) is 4.79 Å². The highest BCUT2D eigenvalue weighted by Gasteiger charge is 2.40. The summed E-state index contributed by atoms with van der Waals surface area (Å²) in [7, 11) is 0. The van der Waals surface area contributed by atoms with Crippen LogP contribution >= 0.6 is 12.6 Å². The molecule has 0 aromatic heterocycles. The van der Waals surface area contributed by atoms with Crippen molar-refractivity contribution in [3.05, 3.63) is 35.9 Å². The molecule has 0 fully saturated rings. The van der Waals surface area contributed by atoms with Crippen molar-refractivity contribution in [1.82, 2.24) is 10.6 Å². The number of amides is 2. The molecule has 1 rings (SSSR count). The standard InChI is InChI=1S/C23H36N2O5S/c1-6-23(7-2,25-20(26)19(31)16(4)5)22(28)24-18(21(27)30-8-3)15-29-14-17-12-10-9-11-13-17/h9-13,16,18-19,31H,6-8,14-15H2,1-5H3,(H,24,28)(H,25,26). The number of rotatable bonds is 13. The van der Waals surface area contributed by atoms with Gasteiger partial charge in [-0.15, -0.1) is 0 Å². The summed E-state index contributed by atoms with van der Waals surface area (Å²) in [5.41, 5.74) is -0.203. The van der Waals surface area contributed by atoms with Gasteiger partial charge in [0.25, 0.3) is 0 Å². The zero-order valence-corrected chi connectivity index (χ0v) is 20.0. The molecule has 31 heavy (non-hydrogen) atoms. The Balaban J connectivity index is 2.90. The molecule has 0 heterocycles. The molecule has 2 N–H and O–H groups in total. The second-order valence-corrected chi connectivity index (χ2v) is 8.30. The summed E-state index contributed by atoms with van der Waals surface area (Å²) < 4.78 is 10.8. The highest BCUT2D eigenvalue weighted by Crippen LogP contribution is 2.19. The predicted molar refractivity (Wildman–Crippen MR) is 124 cm³/mol. The van der Waals surface area contributed by atoms with Gasteiger partial charge in [0.2, 0.25) is 11.8 Å². The van der Waals surface area contributed by atoms with Crippen LogP contribution in [0.4, 0.5) is 0 Å². The molecule has 0 saturated carbocycles. The van der Waals surface area contributed by atoms with Crippen LogP contribution < -0.4 is 10.6 Å². The Morgan fingerprint density at radius 3 is 2.19 bits per heavy atom. The van der Waals surface area contributed by atoms with E-state index in [-0.39, 0.29) is 25.0 Å². The van der Waals surface area contributed by atoms with Crippen molar-refractivity contribution < 1.29 is 23.9 Å². The Morgan fingerprint density at radius 1 is 1.06 bits per heavy atom. The van der Waals surface area contributed by atoms with E-state index in [9.17, 15) is 14.4 Å². The molecule has 1 aromatic rings. The van der Waals surface area contributed by atoms with Gasteiger partial charge < -0.3 is 20.1 Å². The van der Waals surface area contributed by atoms with Crippen LogP contribution in [-0.4, -0.2) is 47.8 Å². The number of thiol groups is 1. The lowest BCUT2D eigenvalue weighted by Gasteiger charge is -2.34. The van der Waals surface area contributed by atoms with Gasteiger partial charge in [0.1, 0.15) is 5.54 Å². The maximum Gasteiger partial charge on any atom is 0.331 e. The van der Waals surface area contributed by atoms with Crippen LogP contribution in [0.5, 0.6) is 0 Å². The molecule has 2 amide bonds. The average Bonchev–Trinajstić information content (AvgIpc) is 2.76. The summed E-state index contributed by atoms with van der Waals surface area (Å²) in [5, 5.41) is 5.03. The second-order valence-electron chi connectivity index (χ2n) is 7.75. The Hall–Kier alpha value is -2.06. The molecule has 2 atom stereocenters. The van der Waals surface area contributed by atoms with Crippen molar-refractivity contribution in [2.75, 3.05) is 13.2 Å². The van der Waals surface area contributed by atoms with Crippen LogP contribution in [0.3, 0.4) is 0 Å². The molecule has 0 aliphatic heterocycles. The summed E-state index contributed by atoms with van der Waals surface area (Å²) in [5.74, 6) is -1.33. The van der Waals surface area contributed by atoms with Crippen molar-refractivity contribution >= 4 is 30.4 Å². The fraction of sp³-hybridized carbons (Fsp3) is 0.609. The van der Waals surface area contributed by atoms with E-state index in [1.807, 2.05) is 58.0 Å². The molecule has 2 unspecified atom stereocenters. The minimum absolute atomic E-state index is 0.0106. The van der Waals surface area contributed by atoms with Gasteiger partial charge in [-0.1, -0.05) is 58.0 Å². The number of carbonyl (C=O) groups excluding carboxylic acids is 3. The predicted octanol–water partition coefficient (Wildman–Crippen LogP) is 2.88. The van der Waals surface area contributed by atoms with E-state index in [4.69, 9.17) is 9.47 Å². The molecule has 0 aliphatic rings. The fourth-order valence-corrected chi connectivity index (χ4v) is 3.06. The van der Waals surface area contributed by atoms with Crippen molar-refractivity contribution in [2.45, 2.75) is 70.9 Å². The molecule has 8 heteroatoms. The van der Waals surface area contributed by atoms with Crippen LogP contribution in [-0.2, 0) is 30.5 Å². The van der Waals surface area contributed by atoms with E-state index in [0.717, 1.165) is 5.56 Å². The molecular formula is C23H36N2O5S. The molecule has 0 bridgehead atoms. The minimum Gasteiger partial charge on any atom is -0.464 e. The van der Waals surface area contributed by atoms with E-state index in [1.54, 1.807) is 6.92 Å². The zero-order chi connectivity index (χ0) is 23.4. The Bertz CT molecular complexity index is 707. The summed E-state index contributed by atoms with van der Waals surface area (Å²) >= 11 is 4.35. The maximum atomic E-state index is 13.2. The molecule has 0 aliphatic carbocycles. The van der Waals surface area contributed by atoms with Gasteiger partial charge in [0.05, 0.1) is 25.1 Å². The topological polar surface area (TPSA) is 93.7 Å². The summed E-state index contributed by atoms with van der Waals surface area (Å²) in [6.45, 7) is 9.54. The summed E-state index contributed by atoms with van der Waals surface area (Å²) in [6, 6.07) is 8.54. The lowest BCUT2D eigenvalue weighted by molar-refractivity contribution is -0.150. The van der Waals surface area contributed by atoms with E-state index >= 15 is 0 Å². The van der Waals surface area contributed by atoms with Crippen molar-refractivity contribution in [1.29, 1.82) is 0 Å². The number of hydrogen-bond donors (Lipinski definition) is 3. The zero-order valence-electron chi connectivity index (χ0n) is 19.1. The third-order valence-electron chi connectivity index (χ3n) is 5.18. The first-order valence-corrected chi connectivity index (χ1v) is 11.3. The van der Waals surface area contributed by atoms with Crippen LogP contribution in [0.1, 0.15) is 53.0 Å². The Morgan fingerprint density at radius 2 is 1.68 bits per heavy atom. The van der Waals surface area contributed by atoms with E-state index in [2.05, 4.69) is 23.3 Å². The number of carbonyl (C=O) groups is 3. The van der Waals surface area contributed by atoms with Gasteiger partial charge in [0.15, 0.2) is 6.04 Å². The number of benzene rings is 1. The number of hydrogen-bond acceptors (Lipinski definition) is 6. The highest BCUT2D eigenvalue weighted by atomic mass is 32.1. The van der Waals surface area contributed by atoms with Crippen LogP contribution in [0.15, 0.2) is 30.3 Å². The second kappa shape index (κ2) is 13.4. The smallest absolute Gasteiger partial charge is 0.331 e. The van der Waals surface area contributed by atoms with Crippen molar-refractivity contribution in [2.24, 2.45) is 5.92 Å². The normalized spacial score (nSPS) is 13.4. The van der Waals surface area contributed by atoms with Gasteiger partial charge in [-0.05, 0) is 31.2 Å².